The van der Waals surface area contributed by atoms with Gasteiger partial charge in [0.2, 0.25) is 11.9 Å². The molecule has 7 nitrogen and oxygen atoms in total. The van der Waals surface area contributed by atoms with Crippen LogP contribution in [0.3, 0.4) is 0 Å². The number of carbonyl (C=O) groups excluding carboxylic acids is 1. The van der Waals surface area contributed by atoms with Gasteiger partial charge >= 0.3 is 0 Å². The van der Waals surface area contributed by atoms with E-state index in [0.29, 0.717) is 6.04 Å². The summed E-state index contributed by atoms with van der Waals surface area (Å²) in [7, 11) is 0. The molecule has 2 aliphatic rings. The van der Waals surface area contributed by atoms with Gasteiger partial charge in [0.05, 0.1) is 17.3 Å². The molecule has 26 heavy (non-hydrogen) atoms. The van der Waals surface area contributed by atoms with E-state index < -0.39 is 0 Å². The van der Waals surface area contributed by atoms with Gasteiger partial charge in [0.25, 0.3) is 0 Å². The first-order chi connectivity index (χ1) is 12.6. The third-order valence-corrected chi connectivity index (χ3v) is 5.35. The Kier molecular flexibility index (Phi) is 4.63. The van der Waals surface area contributed by atoms with Crippen LogP contribution in [-0.4, -0.2) is 64.0 Å². The maximum Gasteiger partial charge on any atom is 0.225 e. The lowest BCUT2D eigenvalue weighted by Crippen LogP contribution is -2.57. The summed E-state index contributed by atoms with van der Waals surface area (Å²) in [6.45, 7) is 7.72. The fourth-order valence-electron chi connectivity index (χ4n) is 3.62. The number of hydrogen-bond donors (Lipinski definition) is 2. The maximum absolute atomic E-state index is 12.4. The van der Waals surface area contributed by atoms with Crippen molar-refractivity contribution in [2.75, 3.05) is 31.1 Å². The van der Waals surface area contributed by atoms with Crippen molar-refractivity contribution < 1.29 is 4.79 Å². The monoisotopic (exact) mass is 354 g/mol. The van der Waals surface area contributed by atoms with E-state index in [2.05, 4.69) is 43.9 Å². The average molecular weight is 354 g/mol. The van der Waals surface area contributed by atoms with Gasteiger partial charge in [-0.3, -0.25) is 9.69 Å². The van der Waals surface area contributed by atoms with E-state index in [-0.39, 0.29) is 17.9 Å². The van der Waals surface area contributed by atoms with Crippen molar-refractivity contribution in [3.63, 3.8) is 0 Å². The summed E-state index contributed by atoms with van der Waals surface area (Å²) in [5.41, 5.74) is 1.87. The molecule has 2 aliphatic heterocycles. The Hall–Kier alpha value is -2.41. The van der Waals surface area contributed by atoms with Gasteiger partial charge in [0.1, 0.15) is 0 Å². The highest BCUT2D eigenvalue weighted by molar-refractivity contribution is 5.80. The van der Waals surface area contributed by atoms with Crippen molar-refractivity contribution in [3.05, 3.63) is 30.6 Å². The van der Waals surface area contributed by atoms with E-state index in [0.717, 1.165) is 49.9 Å². The quantitative estimate of drug-likeness (QED) is 0.851. The minimum absolute atomic E-state index is 0.138. The summed E-state index contributed by atoms with van der Waals surface area (Å²) in [6.07, 6.45) is 4.61. The predicted molar refractivity (Wildman–Crippen MR) is 101 cm³/mol. The summed E-state index contributed by atoms with van der Waals surface area (Å²) in [5.74, 6) is 1.05. The van der Waals surface area contributed by atoms with Crippen LogP contribution in [0.15, 0.2) is 30.6 Å². The van der Waals surface area contributed by atoms with Crippen LogP contribution in [0.1, 0.15) is 20.3 Å². The number of nitrogens with zero attached hydrogens (tertiary/aromatic N) is 4. The number of hydrogen-bond acceptors (Lipinski definition) is 5. The Morgan fingerprint density at radius 2 is 2.15 bits per heavy atom. The summed E-state index contributed by atoms with van der Waals surface area (Å²) in [6, 6.07) is 6.55. The summed E-state index contributed by atoms with van der Waals surface area (Å²) < 4.78 is 0. The minimum Gasteiger partial charge on any atom is -0.360 e. The molecule has 0 aliphatic carbocycles. The lowest BCUT2D eigenvalue weighted by molar-refractivity contribution is -0.131. The first kappa shape index (κ1) is 17.0. The summed E-state index contributed by atoms with van der Waals surface area (Å²) in [4.78, 5) is 29.1. The second-order valence-corrected chi connectivity index (χ2v) is 7.51. The number of likely N-dealkylation sites (tertiary alicyclic amines) is 1. The number of carbonyl (C=O) groups is 1. The molecule has 0 saturated carbocycles. The number of rotatable bonds is 5. The molecule has 7 heteroatoms. The number of anilines is 1. The Morgan fingerprint density at radius 1 is 1.31 bits per heavy atom. The van der Waals surface area contributed by atoms with Crippen molar-refractivity contribution in [1.82, 2.24) is 25.2 Å². The molecule has 4 rings (SSSR count). The second-order valence-electron chi connectivity index (χ2n) is 7.51. The molecule has 2 saturated heterocycles. The van der Waals surface area contributed by atoms with Gasteiger partial charge in [-0.15, -0.1) is 0 Å². The Labute approximate surface area is 153 Å². The van der Waals surface area contributed by atoms with Crippen LogP contribution in [0.25, 0.3) is 11.4 Å². The van der Waals surface area contributed by atoms with E-state index in [1.54, 1.807) is 6.20 Å². The van der Waals surface area contributed by atoms with Crippen LogP contribution in [0.4, 0.5) is 5.95 Å². The van der Waals surface area contributed by atoms with Gasteiger partial charge in [0, 0.05) is 50.7 Å². The van der Waals surface area contributed by atoms with Crippen LogP contribution in [0.2, 0.25) is 0 Å². The van der Waals surface area contributed by atoms with Gasteiger partial charge in [-0.1, -0.05) is 0 Å². The summed E-state index contributed by atoms with van der Waals surface area (Å²) in [5, 5.41) is 3.21. The second kappa shape index (κ2) is 7.07. The summed E-state index contributed by atoms with van der Waals surface area (Å²) >= 11 is 0. The molecule has 1 amide bonds. The fourth-order valence-corrected chi connectivity index (χ4v) is 3.62. The third kappa shape index (κ3) is 3.44. The zero-order valence-corrected chi connectivity index (χ0v) is 15.4. The van der Waals surface area contributed by atoms with E-state index in [4.69, 9.17) is 0 Å². The maximum atomic E-state index is 12.4. The largest absolute Gasteiger partial charge is 0.360 e. The van der Waals surface area contributed by atoms with Crippen molar-refractivity contribution in [3.8, 4) is 11.4 Å². The van der Waals surface area contributed by atoms with Crippen LogP contribution >= 0.6 is 0 Å². The highest BCUT2D eigenvalue weighted by Crippen LogP contribution is 2.22. The lowest BCUT2D eigenvalue weighted by Gasteiger charge is -2.41. The molecule has 4 heterocycles. The van der Waals surface area contributed by atoms with Gasteiger partial charge in [-0.2, -0.15) is 0 Å². The number of nitrogens with one attached hydrogen (secondary N) is 2. The molecule has 0 aromatic carbocycles. The predicted octanol–water partition coefficient (Wildman–Crippen LogP) is 1.51. The Balaban J connectivity index is 1.33. The number of aromatic amines is 1. The molecular weight excluding hydrogens is 328 g/mol. The Morgan fingerprint density at radius 3 is 2.88 bits per heavy atom. The lowest BCUT2D eigenvalue weighted by atomic mass is 9.97. The topological polar surface area (TPSA) is 77.2 Å². The molecule has 1 unspecified atom stereocenters. The zero-order chi connectivity index (χ0) is 18.1. The average Bonchev–Trinajstić information content (AvgIpc) is 3.25. The number of H-pyrrole nitrogens is 1. The van der Waals surface area contributed by atoms with E-state index in [1.807, 2.05) is 24.4 Å². The minimum atomic E-state index is 0.138. The highest BCUT2D eigenvalue weighted by atomic mass is 16.2. The van der Waals surface area contributed by atoms with Gasteiger partial charge in [-0.25, -0.2) is 9.97 Å². The van der Waals surface area contributed by atoms with Crippen molar-refractivity contribution in [2.24, 2.45) is 5.92 Å². The van der Waals surface area contributed by atoms with E-state index in [9.17, 15) is 4.79 Å². The molecule has 2 fully saturated rings. The molecule has 0 bridgehead atoms. The molecular formula is C19H26N6O. The fraction of sp³-hybridized carbons (Fsp3) is 0.526. The molecule has 138 valence electrons. The smallest absolute Gasteiger partial charge is 0.225 e. The molecule has 0 radical (unpaired) electrons. The molecule has 1 atom stereocenters. The molecule has 2 aromatic heterocycles. The van der Waals surface area contributed by atoms with Crippen molar-refractivity contribution in [1.29, 1.82) is 0 Å². The van der Waals surface area contributed by atoms with Crippen LogP contribution in [-0.2, 0) is 4.79 Å². The van der Waals surface area contributed by atoms with Gasteiger partial charge in [-0.05, 0) is 38.5 Å². The first-order valence-electron chi connectivity index (χ1n) is 9.36. The molecule has 0 spiro atoms. The highest BCUT2D eigenvalue weighted by Gasteiger charge is 2.35. The van der Waals surface area contributed by atoms with Gasteiger partial charge < -0.3 is 15.2 Å². The van der Waals surface area contributed by atoms with Crippen molar-refractivity contribution in [2.45, 2.75) is 32.4 Å². The van der Waals surface area contributed by atoms with E-state index >= 15 is 0 Å². The first-order valence-corrected chi connectivity index (χ1v) is 9.36. The van der Waals surface area contributed by atoms with Crippen molar-refractivity contribution >= 4 is 11.9 Å². The third-order valence-electron chi connectivity index (χ3n) is 5.35. The van der Waals surface area contributed by atoms with Gasteiger partial charge in [0.15, 0.2) is 0 Å². The van der Waals surface area contributed by atoms with Crippen LogP contribution in [0.5, 0.6) is 0 Å². The molecule has 2 N–H and O–H groups in total. The zero-order valence-electron chi connectivity index (χ0n) is 15.4. The van der Waals surface area contributed by atoms with Crippen LogP contribution < -0.4 is 10.2 Å². The van der Waals surface area contributed by atoms with E-state index in [1.165, 1.54) is 0 Å². The molecule has 2 aromatic rings. The number of amides is 1. The number of aromatic nitrogens is 3. The normalized spacial score (nSPS) is 21.2. The standard InChI is InChI=1S/C19H26N6O/c1-13(2)25-10-14(11-25)18(26)22-15-6-9-24(12-15)19-21-8-5-17(23-19)16-4-3-7-20-16/h3-5,7-8,13-15,20H,6,9-12H2,1-2H3,(H,22,26). The SMILES string of the molecule is CC(C)N1CC(C(=O)NC2CCN(c3nccc(-c4ccc[nH]4)n3)C2)C1. The van der Waals surface area contributed by atoms with Crippen LogP contribution in [0, 0.1) is 5.92 Å². The Bertz CT molecular complexity index is 753.